The second-order valence-electron chi connectivity index (χ2n) is 5.13. The van der Waals surface area contributed by atoms with Crippen molar-refractivity contribution < 1.29 is 19.2 Å². The lowest BCUT2D eigenvalue weighted by Crippen LogP contribution is -2.31. The molecule has 0 fully saturated rings. The molecule has 0 aliphatic carbocycles. The molecule has 1 aromatic rings. The van der Waals surface area contributed by atoms with Crippen LogP contribution in [0.3, 0.4) is 0 Å². The van der Waals surface area contributed by atoms with Gasteiger partial charge in [0, 0.05) is 19.0 Å². The summed E-state index contributed by atoms with van der Waals surface area (Å²) in [5.74, 6) is -0.312. The Morgan fingerprint density at radius 3 is 2.63 bits per heavy atom. The number of hydrogen-bond donors (Lipinski definition) is 2. The Hall–Kier alpha value is -1.85. The highest BCUT2D eigenvalue weighted by molar-refractivity contribution is 5.92. The van der Waals surface area contributed by atoms with Crippen molar-refractivity contribution >= 4 is 11.9 Å². The van der Waals surface area contributed by atoms with Crippen LogP contribution in [0.5, 0.6) is 0 Å². The van der Waals surface area contributed by atoms with Crippen LogP contribution in [-0.4, -0.2) is 28.7 Å². The Morgan fingerprint density at radius 1 is 1.47 bits per heavy atom. The van der Waals surface area contributed by atoms with Crippen LogP contribution >= 0.6 is 0 Å². The predicted octanol–water partition coefficient (Wildman–Crippen LogP) is 1.85. The first kappa shape index (κ1) is 15.2. The molecule has 19 heavy (non-hydrogen) atoms. The van der Waals surface area contributed by atoms with E-state index in [0.717, 1.165) is 6.42 Å². The number of nitrogens with one attached hydrogen (secondary N) is 1. The van der Waals surface area contributed by atoms with E-state index in [9.17, 15) is 9.59 Å². The molecule has 0 bridgehead atoms. The average Bonchev–Trinajstić information content (AvgIpc) is 2.71. The van der Waals surface area contributed by atoms with E-state index in [2.05, 4.69) is 10.5 Å². The summed E-state index contributed by atoms with van der Waals surface area (Å²) in [4.78, 5) is 22.5. The minimum absolute atomic E-state index is 0.0519. The van der Waals surface area contributed by atoms with Crippen LogP contribution < -0.4 is 5.32 Å². The second kappa shape index (κ2) is 6.92. The van der Waals surface area contributed by atoms with E-state index in [1.54, 1.807) is 13.0 Å². The molecule has 106 valence electrons. The van der Waals surface area contributed by atoms with E-state index in [4.69, 9.17) is 9.63 Å². The Balaban J connectivity index is 2.50. The van der Waals surface area contributed by atoms with Gasteiger partial charge in [-0.1, -0.05) is 19.0 Å². The number of hydrogen-bond acceptors (Lipinski definition) is 4. The number of rotatable bonds is 7. The maximum Gasteiger partial charge on any atom is 0.303 e. The molecule has 2 N–H and O–H groups in total. The SMILES string of the molecule is Cc1cc(C(=O)NC[C@H](CC(=O)O)CC(C)C)no1. The molecule has 0 aliphatic rings. The summed E-state index contributed by atoms with van der Waals surface area (Å²) >= 11 is 0. The van der Waals surface area contributed by atoms with Crippen molar-refractivity contribution in [2.45, 2.75) is 33.6 Å². The Morgan fingerprint density at radius 2 is 2.16 bits per heavy atom. The number of nitrogens with zero attached hydrogens (tertiary/aromatic N) is 1. The normalized spacial score (nSPS) is 12.4. The standard InChI is InChI=1S/C13H20N2O4/c1-8(2)4-10(6-12(16)17)7-14-13(18)11-5-9(3)19-15-11/h5,8,10H,4,6-7H2,1-3H3,(H,14,18)(H,16,17)/t10-/m0/s1. The van der Waals surface area contributed by atoms with Crippen LogP contribution in [0.25, 0.3) is 0 Å². The highest BCUT2D eigenvalue weighted by Crippen LogP contribution is 2.15. The van der Waals surface area contributed by atoms with Gasteiger partial charge in [0.25, 0.3) is 5.91 Å². The van der Waals surface area contributed by atoms with E-state index in [1.807, 2.05) is 13.8 Å². The van der Waals surface area contributed by atoms with Crippen molar-refractivity contribution in [3.63, 3.8) is 0 Å². The first-order valence-electron chi connectivity index (χ1n) is 6.31. The van der Waals surface area contributed by atoms with Gasteiger partial charge in [0.2, 0.25) is 0 Å². The van der Waals surface area contributed by atoms with Gasteiger partial charge >= 0.3 is 5.97 Å². The van der Waals surface area contributed by atoms with Gasteiger partial charge in [-0.3, -0.25) is 9.59 Å². The molecule has 1 rings (SSSR count). The molecular weight excluding hydrogens is 248 g/mol. The molecule has 1 heterocycles. The van der Waals surface area contributed by atoms with Crippen LogP contribution in [-0.2, 0) is 4.79 Å². The molecule has 6 nitrogen and oxygen atoms in total. The predicted molar refractivity (Wildman–Crippen MR) is 68.8 cm³/mol. The van der Waals surface area contributed by atoms with Gasteiger partial charge in [-0.2, -0.15) is 0 Å². The van der Waals surface area contributed by atoms with Crippen molar-refractivity contribution in [3.8, 4) is 0 Å². The Bertz CT molecular complexity index is 440. The van der Waals surface area contributed by atoms with Gasteiger partial charge in [0.15, 0.2) is 5.69 Å². The summed E-state index contributed by atoms with van der Waals surface area (Å²) < 4.78 is 4.82. The minimum atomic E-state index is -0.850. The number of amides is 1. The maximum atomic E-state index is 11.8. The zero-order chi connectivity index (χ0) is 14.4. The third kappa shape index (κ3) is 5.54. The zero-order valence-corrected chi connectivity index (χ0v) is 11.5. The topological polar surface area (TPSA) is 92.4 Å². The van der Waals surface area contributed by atoms with Crippen molar-refractivity contribution in [2.24, 2.45) is 11.8 Å². The molecule has 1 atom stereocenters. The van der Waals surface area contributed by atoms with Crippen molar-refractivity contribution in [1.82, 2.24) is 10.5 Å². The van der Waals surface area contributed by atoms with Gasteiger partial charge in [-0.05, 0) is 25.2 Å². The average molecular weight is 268 g/mol. The largest absolute Gasteiger partial charge is 0.481 e. The fourth-order valence-corrected chi connectivity index (χ4v) is 1.95. The number of carboxylic acid groups (broad SMARTS) is 1. The number of carbonyl (C=O) groups excluding carboxylic acids is 1. The molecule has 1 aromatic heterocycles. The number of aryl methyl sites for hydroxylation is 1. The number of aromatic nitrogens is 1. The fraction of sp³-hybridized carbons (Fsp3) is 0.615. The first-order chi connectivity index (χ1) is 8.88. The Labute approximate surface area is 112 Å². The summed E-state index contributed by atoms with van der Waals surface area (Å²) in [6.07, 6.45) is 0.806. The van der Waals surface area contributed by atoms with Gasteiger partial charge in [0.1, 0.15) is 5.76 Å². The highest BCUT2D eigenvalue weighted by atomic mass is 16.5. The van der Waals surface area contributed by atoms with Crippen molar-refractivity contribution in [2.75, 3.05) is 6.54 Å². The number of carboxylic acids is 1. The molecule has 0 saturated carbocycles. The molecule has 1 amide bonds. The summed E-state index contributed by atoms with van der Waals surface area (Å²) in [7, 11) is 0. The van der Waals surface area contributed by atoms with E-state index in [-0.39, 0.29) is 23.9 Å². The lowest BCUT2D eigenvalue weighted by molar-refractivity contribution is -0.138. The van der Waals surface area contributed by atoms with E-state index in [1.165, 1.54) is 0 Å². The fourth-order valence-electron chi connectivity index (χ4n) is 1.95. The zero-order valence-electron chi connectivity index (χ0n) is 11.5. The van der Waals surface area contributed by atoms with E-state index < -0.39 is 5.97 Å². The lowest BCUT2D eigenvalue weighted by atomic mass is 9.94. The van der Waals surface area contributed by atoms with Crippen molar-refractivity contribution in [3.05, 3.63) is 17.5 Å². The van der Waals surface area contributed by atoms with E-state index >= 15 is 0 Å². The summed E-state index contributed by atoms with van der Waals surface area (Å²) in [5.41, 5.74) is 0.219. The highest BCUT2D eigenvalue weighted by Gasteiger charge is 2.17. The van der Waals surface area contributed by atoms with Gasteiger partial charge in [-0.25, -0.2) is 0 Å². The van der Waals surface area contributed by atoms with Gasteiger partial charge < -0.3 is 14.9 Å². The van der Waals surface area contributed by atoms with Crippen molar-refractivity contribution in [1.29, 1.82) is 0 Å². The molecule has 0 saturated heterocycles. The number of carbonyl (C=O) groups is 2. The van der Waals surface area contributed by atoms with Crippen LogP contribution in [0.2, 0.25) is 0 Å². The monoisotopic (exact) mass is 268 g/mol. The van der Waals surface area contributed by atoms with Crippen LogP contribution in [0.15, 0.2) is 10.6 Å². The number of aliphatic carboxylic acids is 1. The summed E-state index contributed by atoms with van der Waals surface area (Å²) in [6, 6.07) is 1.55. The van der Waals surface area contributed by atoms with Gasteiger partial charge in [0.05, 0.1) is 0 Å². The third-order valence-corrected chi connectivity index (χ3v) is 2.68. The van der Waals surface area contributed by atoms with Gasteiger partial charge in [-0.15, -0.1) is 0 Å². The summed E-state index contributed by atoms with van der Waals surface area (Å²) in [5, 5.41) is 15.2. The molecule has 0 aromatic carbocycles. The molecule has 0 radical (unpaired) electrons. The smallest absolute Gasteiger partial charge is 0.303 e. The molecular formula is C13H20N2O4. The van der Waals surface area contributed by atoms with Crippen LogP contribution in [0.4, 0.5) is 0 Å². The quantitative estimate of drug-likeness (QED) is 0.787. The molecule has 6 heteroatoms. The molecule has 0 spiro atoms. The lowest BCUT2D eigenvalue weighted by Gasteiger charge is -2.17. The maximum absolute atomic E-state index is 11.8. The Kier molecular flexibility index (Phi) is 5.54. The summed E-state index contributed by atoms with van der Waals surface area (Å²) in [6.45, 7) is 6.08. The van der Waals surface area contributed by atoms with E-state index in [0.29, 0.717) is 18.2 Å². The molecule has 0 aliphatic heterocycles. The minimum Gasteiger partial charge on any atom is -0.481 e. The third-order valence-electron chi connectivity index (χ3n) is 2.68. The van der Waals surface area contributed by atoms with Crippen LogP contribution in [0.1, 0.15) is 42.9 Å². The van der Waals surface area contributed by atoms with Crippen LogP contribution in [0, 0.1) is 18.8 Å². The first-order valence-corrected chi connectivity index (χ1v) is 6.31. The molecule has 0 unspecified atom stereocenters. The second-order valence-corrected chi connectivity index (χ2v) is 5.13.